The highest BCUT2D eigenvalue weighted by molar-refractivity contribution is 7.93. The summed E-state index contributed by atoms with van der Waals surface area (Å²) < 4.78 is 47.4. The summed E-state index contributed by atoms with van der Waals surface area (Å²) in [6.07, 6.45) is 7.01. The molecule has 3 aromatic rings. The maximum atomic E-state index is 15.1. The van der Waals surface area contributed by atoms with Crippen LogP contribution in [0.3, 0.4) is 0 Å². The van der Waals surface area contributed by atoms with E-state index < -0.39 is 33.0 Å². The Kier molecular flexibility index (Phi) is 6.52. The van der Waals surface area contributed by atoms with Crippen molar-refractivity contribution < 1.29 is 22.3 Å². The number of hydrogen-bond acceptors (Lipinski definition) is 8. The third-order valence-corrected chi connectivity index (χ3v) is 7.95. The van der Waals surface area contributed by atoms with Gasteiger partial charge in [-0.05, 0) is 50.8 Å². The molecule has 2 fully saturated rings. The SMILES string of the molecule is CCOc1cncc(-c2ccc(C(=O)N3CCC[C@H]3c3ccnc(NS(=O)(=O)C4CC4)n3)c(F)c2)n1. The van der Waals surface area contributed by atoms with Gasteiger partial charge in [-0.1, -0.05) is 6.07 Å². The van der Waals surface area contributed by atoms with E-state index in [0.717, 1.165) is 0 Å². The molecule has 1 aliphatic carbocycles. The highest BCUT2D eigenvalue weighted by Crippen LogP contribution is 2.34. The van der Waals surface area contributed by atoms with E-state index in [1.54, 1.807) is 17.0 Å². The maximum Gasteiger partial charge on any atom is 0.257 e. The molecule has 1 aromatic carbocycles. The molecule has 1 aliphatic heterocycles. The number of aromatic nitrogens is 4. The van der Waals surface area contributed by atoms with Crippen LogP contribution in [-0.2, 0) is 10.0 Å². The molecule has 36 heavy (non-hydrogen) atoms. The molecular weight excluding hydrogens is 487 g/mol. The molecule has 10 nitrogen and oxygen atoms in total. The molecule has 1 atom stereocenters. The van der Waals surface area contributed by atoms with Crippen molar-refractivity contribution in [2.45, 2.75) is 43.9 Å². The Morgan fingerprint density at radius 1 is 1.19 bits per heavy atom. The van der Waals surface area contributed by atoms with Crippen molar-refractivity contribution in [1.29, 1.82) is 0 Å². The number of anilines is 1. The maximum absolute atomic E-state index is 15.1. The first-order valence-electron chi connectivity index (χ1n) is 11.8. The molecule has 0 unspecified atom stereocenters. The van der Waals surface area contributed by atoms with Crippen molar-refractivity contribution in [2.24, 2.45) is 0 Å². The number of halogens is 1. The smallest absolute Gasteiger partial charge is 0.257 e. The van der Waals surface area contributed by atoms with Gasteiger partial charge in [0.15, 0.2) is 0 Å². The van der Waals surface area contributed by atoms with Gasteiger partial charge in [-0.2, -0.15) is 0 Å². The fraction of sp³-hybridized carbons (Fsp3) is 0.375. The van der Waals surface area contributed by atoms with Crippen LogP contribution in [0.2, 0.25) is 0 Å². The number of likely N-dealkylation sites (tertiary alicyclic amines) is 1. The predicted molar refractivity (Wildman–Crippen MR) is 129 cm³/mol. The van der Waals surface area contributed by atoms with Crippen LogP contribution in [0.5, 0.6) is 5.88 Å². The number of carbonyl (C=O) groups is 1. The van der Waals surface area contributed by atoms with Gasteiger partial charge in [0.2, 0.25) is 21.9 Å². The number of carbonyl (C=O) groups excluding carboxylic acids is 1. The summed E-state index contributed by atoms with van der Waals surface area (Å²) in [6.45, 7) is 2.69. The van der Waals surface area contributed by atoms with E-state index in [1.807, 2.05) is 6.92 Å². The second-order valence-electron chi connectivity index (χ2n) is 8.68. The minimum absolute atomic E-state index is 0.0235. The summed E-state index contributed by atoms with van der Waals surface area (Å²) in [4.78, 5) is 31.7. The minimum atomic E-state index is -3.51. The van der Waals surface area contributed by atoms with Gasteiger partial charge in [0.05, 0.1) is 47.2 Å². The largest absolute Gasteiger partial charge is 0.477 e. The second kappa shape index (κ2) is 9.76. The third-order valence-electron chi connectivity index (χ3n) is 6.13. The topological polar surface area (TPSA) is 127 Å². The van der Waals surface area contributed by atoms with E-state index in [9.17, 15) is 13.2 Å². The number of nitrogens with one attached hydrogen (secondary N) is 1. The van der Waals surface area contributed by atoms with Gasteiger partial charge in [-0.15, -0.1) is 0 Å². The summed E-state index contributed by atoms with van der Waals surface area (Å²) in [7, 11) is -3.51. The zero-order chi connectivity index (χ0) is 25.3. The van der Waals surface area contributed by atoms with Gasteiger partial charge in [0.25, 0.3) is 5.91 Å². The Morgan fingerprint density at radius 3 is 2.78 bits per heavy atom. The zero-order valence-corrected chi connectivity index (χ0v) is 20.4. The molecule has 2 aromatic heterocycles. The third kappa shape index (κ3) is 4.99. The van der Waals surface area contributed by atoms with Gasteiger partial charge in [0, 0.05) is 18.3 Å². The molecule has 188 valence electrons. The van der Waals surface area contributed by atoms with E-state index in [2.05, 4.69) is 24.7 Å². The van der Waals surface area contributed by atoms with Crippen LogP contribution in [0.15, 0.2) is 42.9 Å². The summed E-state index contributed by atoms with van der Waals surface area (Å²) >= 11 is 0. The molecule has 1 amide bonds. The quantitative estimate of drug-likeness (QED) is 0.487. The highest BCUT2D eigenvalue weighted by Gasteiger charge is 2.37. The van der Waals surface area contributed by atoms with Crippen LogP contribution < -0.4 is 9.46 Å². The highest BCUT2D eigenvalue weighted by atomic mass is 32.2. The Labute approximate surface area is 208 Å². The molecule has 2 aliphatic rings. The van der Waals surface area contributed by atoms with E-state index in [4.69, 9.17) is 4.74 Å². The first-order chi connectivity index (χ1) is 17.4. The van der Waals surface area contributed by atoms with Crippen LogP contribution in [0.1, 0.15) is 54.7 Å². The summed E-state index contributed by atoms with van der Waals surface area (Å²) in [5, 5.41) is -0.409. The van der Waals surface area contributed by atoms with Crippen molar-refractivity contribution in [2.75, 3.05) is 17.9 Å². The van der Waals surface area contributed by atoms with Gasteiger partial charge >= 0.3 is 0 Å². The van der Waals surface area contributed by atoms with Gasteiger partial charge in [-0.3, -0.25) is 14.5 Å². The van der Waals surface area contributed by atoms with Crippen LogP contribution >= 0.6 is 0 Å². The lowest BCUT2D eigenvalue weighted by molar-refractivity contribution is 0.0728. The van der Waals surface area contributed by atoms with Crippen molar-refractivity contribution in [3.63, 3.8) is 0 Å². The number of sulfonamides is 1. The van der Waals surface area contributed by atoms with Crippen molar-refractivity contribution in [3.8, 4) is 17.1 Å². The first kappa shape index (κ1) is 24.0. The number of hydrogen-bond donors (Lipinski definition) is 1. The van der Waals surface area contributed by atoms with Crippen LogP contribution in [0.4, 0.5) is 10.3 Å². The lowest BCUT2D eigenvalue weighted by atomic mass is 10.1. The molecule has 0 bridgehead atoms. The molecule has 3 heterocycles. The average molecular weight is 513 g/mol. The zero-order valence-electron chi connectivity index (χ0n) is 19.6. The lowest BCUT2D eigenvalue weighted by Crippen LogP contribution is -2.32. The van der Waals surface area contributed by atoms with Crippen LogP contribution in [0, 0.1) is 5.82 Å². The molecule has 1 N–H and O–H groups in total. The Bertz CT molecular complexity index is 1400. The molecule has 1 saturated carbocycles. The van der Waals surface area contributed by atoms with Gasteiger partial charge in [-0.25, -0.2) is 27.8 Å². The van der Waals surface area contributed by atoms with E-state index >= 15 is 4.39 Å². The fourth-order valence-electron chi connectivity index (χ4n) is 4.22. The fourth-order valence-corrected chi connectivity index (χ4v) is 5.50. The van der Waals surface area contributed by atoms with E-state index in [1.165, 1.54) is 30.7 Å². The lowest BCUT2D eigenvalue weighted by Gasteiger charge is -2.25. The predicted octanol–water partition coefficient (Wildman–Crippen LogP) is 3.35. The number of ether oxygens (including phenoxy) is 1. The molecule has 5 rings (SSSR count). The van der Waals surface area contributed by atoms with Gasteiger partial charge < -0.3 is 9.64 Å². The number of benzene rings is 1. The number of nitrogens with zero attached hydrogens (tertiary/aromatic N) is 5. The van der Waals surface area contributed by atoms with Crippen LogP contribution in [-0.4, -0.2) is 57.6 Å². The number of amides is 1. The summed E-state index contributed by atoms with van der Waals surface area (Å²) in [5.74, 6) is -0.828. The van der Waals surface area contributed by atoms with Crippen molar-refractivity contribution in [1.82, 2.24) is 24.8 Å². The molecule has 0 radical (unpaired) electrons. The molecule has 0 spiro atoms. The molecule has 1 saturated heterocycles. The molecular formula is C24H25FN6O4S. The average Bonchev–Trinajstić information content (AvgIpc) is 3.62. The minimum Gasteiger partial charge on any atom is -0.477 e. The Morgan fingerprint density at radius 2 is 2.03 bits per heavy atom. The van der Waals surface area contributed by atoms with Crippen molar-refractivity contribution >= 4 is 21.9 Å². The summed E-state index contributed by atoms with van der Waals surface area (Å²) in [6, 6.07) is 5.54. The Hall–Kier alpha value is -3.67. The first-order valence-corrected chi connectivity index (χ1v) is 13.3. The Balaban J connectivity index is 1.36. The van der Waals surface area contributed by atoms with Crippen molar-refractivity contribution in [3.05, 3.63) is 59.9 Å². The van der Waals surface area contributed by atoms with Crippen LogP contribution in [0.25, 0.3) is 11.3 Å². The van der Waals surface area contributed by atoms with E-state index in [0.29, 0.717) is 61.7 Å². The number of rotatable bonds is 8. The van der Waals surface area contributed by atoms with E-state index in [-0.39, 0.29) is 11.5 Å². The normalized spacial score (nSPS) is 17.7. The molecule has 12 heteroatoms. The summed E-state index contributed by atoms with van der Waals surface area (Å²) in [5.41, 5.74) is 1.34. The standard InChI is InChI=1S/C24H25FN6O4S/c1-2-35-22-14-26-13-20(28-22)15-5-8-17(18(25)12-15)23(32)31-11-3-4-21(31)19-9-10-27-24(29-19)30-36(33,34)16-6-7-16/h5,8-10,12-14,16,21H,2-4,6-7,11H2,1H3,(H,27,29,30)/t21-/m0/s1. The van der Waals surface area contributed by atoms with Gasteiger partial charge in [0.1, 0.15) is 5.82 Å². The second-order valence-corrected chi connectivity index (χ2v) is 10.6. The monoisotopic (exact) mass is 512 g/mol.